The van der Waals surface area contributed by atoms with Gasteiger partial charge in [0.25, 0.3) is 0 Å². The highest BCUT2D eigenvalue weighted by Gasteiger charge is 2.19. The molecule has 1 aliphatic heterocycles. The third-order valence-corrected chi connectivity index (χ3v) is 6.06. The van der Waals surface area contributed by atoms with Crippen LogP contribution in [-0.2, 0) is 9.84 Å². The van der Waals surface area contributed by atoms with Crippen LogP contribution in [0.2, 0.25) is 0 Å². The minimum Gasteiger partial charge on any atom is -0.493 e. The summed E-state index contributed by atoms with van der Waals surface area (Å²) >= 11 is 0. The van der Waals surface area contributed by atoms with E-state index in [4.69, 9.17) is 9.47 Å². The predicted molar refractivity (Wildman–Crippen MR) is 112 cm³/mol. The van der Waals surface area contributed by atoms with Crippen LogP contribution in [0.4, 0.5) is 5.69 Å². The van der Waals surface area contributed by atoms with Gasteiger partial charge in [0, 0.05) is 25.8 Å². The predicted octanol–water partition coefficient (Wildman–Crippen LogP) is 4.17. The molecule has 2 aromatic carbocycles. The van der Waals surface area contributed by atoms with Gasteiger partial charge >= 0.3 is 0 Å². The molecule has 1 atom stereocenters. The zero-order valence-corrected chi connectivity index (χ0v) is 17.5. The smallest absolute Gasteiger partial charge is 0.175 e. The fourth-order valence-corrected chi connectivity index (χ4v) is 4.09. The topological polar surface area (TPSA) is 55.8 Å². The monoisotopic (exact) mass is 403 g/mol. The van der Waals surface area contributed by atoms with Gasteiger partial charge in [-0.05, 0) is 55.2 Å². The van der Waals surface area contributed by atoms with Crippen molar-refractivity contribution in [1.29, 1.82) is 0 Å². The van der Waals surface area contributed by atoms with Crippen LogP contribution in [0.3, 0.4) is 0 Å². The van der Waals surface area contributed by atoms with Gasteiger partial charge in [-0.15, -0.1) is 0 Å². The first-order valence-electron chi connectivity index (χ1n) is 9.83. The van der Waals surface area contributed by atoms with E-state index in [-0.39, 0.29) is 0 Å². The Morgan fingerprint density at radius 1 is 1.04 bits per heavy atom. The lowest BCUT2D eigenvalue weighted by molar-refractivity contribution is 0.247. The van der Waals surface area contributed by atoms with Gasteiger partial charge < -0.3 is 14.4 Å². The number of nitrogens with zero attached hydrogens (tertiary/aromatic N) is 1. The number of ether oxygens (including phenoxy) is 2. The lowest BCUT2D eigenvalue weighted by Gasteiger charge is -2.33. The molecule has 1 aliphatic rings. The van der Waals surface area contributed by atoms with Gasteiger partial charge in [0.1, 0.15) is 11.5 Å². The molecule has 0 aromatic heterocycles. The van der Waals surface area contributed by atoms with Gasteiger partial charge in [0.15, 0.2) is 9.84 Å². The van der Waals surface area contributed by atoms with Gasteiger partial charge in [-0.2, -0.15) is 0 Å². The summed E-state index contributed by atoms with van der Waals surface area (Å²) in [6.45, 7) is 5.54. The Bertz CT molecular complexity index is 864. The van der Waals surface area contributed by atoms with E-state index in [0.717, 1.165) is 25.3 Å². The highest BCUT2D eigenvalue weighted by atomic mass is 32.2. The molecule has 0 spiro atoms. The highest BCUT2D eigenvalue weighted by molar-refractivity contribution is 7.90. The van der Waals surface area contributed by atoms with Crippen LogP contribution in [0, 0.1) is 5.92 Å². The molecule has 0 radical (unpaired) electrons. The van der Waals surface area contributed by atoms with Crippen LogP contribution in [-0.4, -0.2) is 41.0 Å². The molecule has 0 amide bonds. The number of anilines is 1. The Morgan fingerprint density at radius 3 is 2.46 bits per heavy atom. The van der Waals surface area contributed by atoms with Crippen molar-refractivity contribution in [2.75, 3.05) is 37.5 Å². The van der Waals surface area contributed by atoms with E-state index in [0.29, 0.717) is 29.8 Å². The molecule has 6 heteroatoms. The second-order valence-electron chi connectivity index (χ2n) is 7.46. The molecule has 28 heavy (non-hydrogen) atoms. The van der Waals surface area contributed by atoms with E-state index in [2.05, 4.69) is 24.0 Å². The number of hydrogen-bond donors (Lipinski definition) is 0. The van der Waals surface area contributed by atoms with Gasteiger partial charge in [0.2, 0.25) is 0 Å². The van der Waals surface area contributed by atoms with Crippen LogP contribution in [0.5, 0.6) is 11.5 Å². The number of piperidine rings is 1. The molecular weight excluding hydrogens is 374 g/mol. The minimum absolute atomic E-state index is 0.298. The number of rotatable bonds is 8. The van der Waals surface area contributed by atoms with Crippen molar-refractivity contribution < 1.29 is 17.9 Å². The molecule has 2 aromatic rings. The maximum absolute atomic E-state index is 11.5. The zero-order chi connectivity index (χ0) is 20.0. The molecule has 1 heterocycles. The van der Waals surface area contributed by atoms with Gasteiger partial charge in [-0.3, -0.25) is 0 Å². The van der Waals surface area contributed by atoms with Crippen molar-refractivity contribution >= 4 is 15.5 Å². The molecule has 1 fully saturated rings. The van der Waals surface area contributed by atoms with Crippen LogP contribution in [0.15, 0.2) is 53.4 Å². The Balaban J connectivity index is 1.47. The summed E-state index contributed by atoms with van der Waals surface area (Å²) in [6, 6.07) is 14.7. The third-order valence-electron chi connectivity index (χ3n) is 4.93. The highest BCUT2D eigenvalue weighted by Crippen LogP contribution is 2.31. The first-order valence-corrected chi connectivity index (χ1v) is 11.7. The van der Waals surface area contributed by atoms with Crippen molar-refractivity contribution in [3.63, 3.8) is 0 Å². The normalized spacial score (nSPS) is 17.4. The summed E-state index contributed by atoms with van der Waals surface area (Å²) < 4.78 is 34.7. The molecule has 0 N–H and O–H groups in total. The lowest BCUT2D eigenvalue weighted by Crippen LogP contribution is -2.34. The third kappa shape index (κ3) is 5.64. The fourth-order valence-electron chi connectivity index (χ4n) is 3.46. The molecule has 0 bridgehead atoms. The summed E-state index contributed by atoms with van der Waals surface area (Å²) in [5.74, 6) is 2.30. The number of para-hydroxylation sites is 2. The van der Waals surface area contributed by atoms with E-state index < -0.39 is 9.84 Å². The van der Waals surface area contributed by atoms with E-state index in [1.807, 2.05) is 12.1 Å². The summed E-state index contributed by atoms with van der Waals surface area (Å²) in [5.41, 5.74) is 1.17. The van der Waals surface area contributed by atoms with Crippen molar-refractivity contribution in [2.24, 2.45) is 5.92 Å². The summed E-state index contributed by atoms with van der Waals surface area (Å²) in [7, 11) is -3.18. The number of benzene rings is 2. The lowest BCUT2D eigenvalue weighted by atomic mass is 9.99. The van der Waals surface area contributed by atoms with Gasteiger partial charge in [0.05, 0.1) is 23.8 Å². The molecule has 152 valence electrons. The Kier molecular flexibility index (Phi) is 6.83. The second kappa shape index (κ2) is 9.32. The van der Waals surface area contributed by atoms with Crippen molar-refractivity contribution in [3.05, 3.63) is 48.5 Å². The van der Waals surface area contributed by atoms with Gasteiger partial charge in [-0.25, -0.2) is 8.42 Å². The largest absolute Gasteiger partial charge is 0.493 e. The quantitative estimate of drug-likeness (QED) is 0.619. The summed E-state index contributed by atoms with van der Waals surface area (Å²) in [5, 5.41) is 0. The molecule has 0 saturated carbocycles. The van der Waals surface area contributed by atoms with E-state index in [1.54, 1.807) is 24.3 Å². The van der Waals surface area contributed by atoms with E-state index >= 15 is 0 Å². The summed E-state index contributed by atoms with van der Waals surface area (Å²) in [4.78, 5) is 2.72. The van der Waals surface area contributed by atoms with Crippen LogP contribution < -0.4 is 14.4 Å². The summed E-state index contributed by atoms with van der Waals surface area (Å²) in [6.07, 6.45) is 4.46. The number of hydrogen-bond acceptors (Lipinski definition) is 5. The maximum Gasteiger partial charge on any atom is 0.175 e. The average Bonchev–Trinajstić information content (AvgIpc) is 2.68. The molecule has 3 rings (SSSR count). The van der Waals surface area contributed by atoms with Crippen molar-refractivity contribution in [3.8, 4) is 11.5 Å². The van der Waals surface area contributed by atoms with E-state index in [1.165, 1.54) is 24.8 Å². The Hall–Kier alpha value is -2.21. The minimum atomic E-state index is -3.18. The standard InChI is InChI=1S/C22H29NO4S/c1-18-7-5-14-23(17-18)21-8-3-4-9-22(21)27-16-6-15-26-19-10-12-20(13-11-19)28(2,24)25/h3-4,8-13,18H,5-7,14-17H2,1-2H3. The fraction of sp³-hybridized carbons (Fsp3) is 0.455. The molecular formula is C22H29NO4S. The van der Waals surface area contributed by atoms with Crippen LogP contribution >= 0.6 is 0 Å². The maximum atomic E-state index is 11.5. The van der Waals surface area contributed by atoms with Crippen LogP contribution in [0.1, 0.15) is 26.2 Å². The molecule has 0 aliphatic carbocycles. The molecule has 5 nitrogen and oxygen atoms in total. The first kappa shape index (κ1) is 20.5. The number of sulfone groups is 1. The zero-order valence-electron chi connectivity index (χ0n) is 16.6. The Morgan fingerprint density at radius 2 is 1.75 bits per heavy atom. The first-order chi connectivity index (χ1) is 13.4. The van der Waals surface area contributed by atoms with Crippen LogP contribution in [0.25, 0.3) is 0 Å². The van der Waals surface area contributed by atoms with Crippen molar-refractivity contribution in [1.82, 2.24) is 0 Å². The van der Waals surface area contributed by atoms with E-state index in [9.17, 15) is 8.42 Å². The molecule has 1 saturated heterocycles. The Labute approximate surface area is 168 Å². The van der Waals surface area contributed by atoms with Gasteiger partial charge in [-0.1, -0.05) is 19.1 Å². The van der Waals surface area contributed by atoms with Crippen molar-refractivity contribution in [2.45, 2.75) is 31.1 Å². The average molecular weight is 404 g/mol. The second-order valence-corrected chi connectivity index (χ2v) is 9.47. The molecule has 1 unspecified atom stereocenters. The SMILES string of the molecule is CC1CCCN(c2ccccc2OCCCOc2ccc(S(C)(=O)=O)cc2)C1.